The van der Waals surface area contributed by atoms with Gasteiger partial charge in [0, 0.05) is 42.1 Å². The van der Waals surface area contributed by atoms with Gasteiger partial charge >= 0.3 is 8.60 Å². The van der Waals surface area contributed by atoms with Gasteiger partial charge in [-0.3, -0.25) is 13.8 Å². The molecule has 2 aliphatic rings. The maximum absolute atomic E-state index is 14.7. The van der Waals surface area contributed by atoms with Crippen LogP contribution in [-0.4, -0.2) is 83.2 Å². The zero-order chi connectivity index (χ0) is 35.6. The number of amides is 1. The average Bonchev–Trinajstić information content (AvgIpc) is 3.83. The van der Waals surface area contributed by atoms with E-state index in [9.17, 15) is 18.5 Å². The third-order valence-electron chi connectivity index (χ3n) is 6.29. The second-order valence-electron chi connectivity index (χ2n) is 10.3. The number of thiazole rings is 1. The molecule has 266 valence electrons. The monoisotopic (exact) mass is 717 g/mol. The van der Waals surface area contributed by atoms with E-state index in [1.54, 1.807) is 38.5 Å². The highest BCUT2D eigenvalue weighted by Crippen LogP contribution is 2.33. The van der Waals surface area contributed by atoms with Gasteiger partial charge in [-0.2, -0.15) is 9.49 Å². The van der Waals surface area contributed by atoms with E-state index in [4.69, 9.17) is 24.6 Å². The molecular formula is C29H42F2N7O8PS. The van der Waals surface area contributed by atoms with Crippen LogP contribution >= 0.6 is 19.9 Å². The standard InChI is InChI=1S/C23H26F2N7O5PS.C3H8O.C2H6O.CH2O/c24-16-6-7-19(25)29-20(16)21-17(10-32(30-21)15-4-2-1-3-5-15)27-22(34)18-11-39-23(28-18)14-8-26-31(9-14)12-36-38(35)37-13-33;1-3(2)4;1-2-3;1-2/h6-11,15,21,30,33,35H,1-5,12-13H2,(H,27,34);3-4H,1-2H3;3H,2H2,1H3;1H2. The second kappa shape index (κ2) is 21.6. The average molecular weight is 718 g/mol. The molecule has 1 aliphatic heterocycles. The molecule has 1 amide bonds. The van der Waals surface area contributed by atoms with E-state index in [-0.39, 0.29) is 36.9 Å². The first-order valence-electron chi connectivity index (χ1n) is 14.9. The van der Waals surface area contributed by atoms with Gasteiger partial charge in [0.1, 0.15) is 41.8 Å². The molecule has 5 rings (SSSR count). The van der Waals surface area contributed by atoms with Gasteiger partial charge in [0.05, 0.1) is 11.9 Å². The van der Waals surface area contributed by atoms with Gasteiger partial charge in [-0.15, -0.1) is 11.3 Å². The number of carbonyl (C=O) groups excluding carboxylic acids is 2. The number of hydrogen-bond acceptors (Lipinski definition) is 14. The van der Waals surface area contributed by atoms with E-state index >= 15 is 0 Å². The Morgan fingerprint density at radius 3 is 2.50 bits per heavy atom. The van der Waals surface area contributed by atoms with Gasteiger partial charge < -0.3 is 35.3 Å². The van der Waals surface area contributed by atoms with Crippen molar-refractivity contribution in [3.8, 4) is 10.6 Å². The molecule has 4 heterocycles. The fraction of sp³-hybridized carbons (Fsp3) is 0.483. The number of aliphatic hydroxyl groups is 3. The van der Waals surface area contributed by atoms with E-state index < -0.39 is 39.1 Å². The first kappa shape index (κ1) is 40.9. The minimum absolute atomic E-state index is 0.119. The lowest BCUT2D eigenvalue weighted by Gasteiger charge is -2.31. The molecule has 1 aliphatic carbocycles. The first-order valence-corrected chi connectivity index (χ1v) is 16.9. The molecule has 3 aromatic rings. The Hall–Kier alpha value is -3.32. The van der Waals surface area contributed by atoms with Gasteiger partial charge in [0.15, 0.2) is 6.79 Å². The van der Waals surface area contributed by atoms with Gasteiger partial charge in [-0.1, -0.05) is 19.3 Å². The summed E-state index contributed by atoms with van der Waals surface area (Å²) in [6.07, 6.45) is 9.87. The molecule has 3 aromatic heterocycles. The van der Waals surface area contributed by atoms with Crippen molar-refractivity contribution >= 4 is 32.6 Å². The van der Waals surface area contributed by atoms with Crippen molar-refractivity contribution in [2.45, 2.75) is 77.8 Å². The molecular weight excluding hydrogens is 675 g/mol. The largest absolute Gasteiger partial charge is 0.397 e. The van der Waals surface area contributed by atoms with Gasteiger partial charge in [-0.05, 0) is 45.7 Å². The number of aliphatic hydroxyl groups excluding tert-OH is 3. The molecule has 1 saturated carbocycles. The van der Waals surface area contributed by atoms with Crippen LogP contribution in [0.3, 0.4) is 0 Å². The summed E-state index contributed by atoms with van der Waals surface area (Å²) in [7, 11) is -2.23. The van der Waals surface area contributed by atoms with Crippen molar-refractivity contribution in [1.82, 2.24) is 35.5 Å². The highest BCUT2D eigenvalue weighted by Gasteiger charge is 2.34. The van der Waals surface area contributed by atoms with Crippen LogP contribution in [0.25, 0.3) is 10.6 Å². The summed E-state index contributed by atoms with van der Waals surface area (Å²) in [5, 5.41) is 35.1. The first-order chi connectivity index (χ1) is 23.1. The molecule has 0 radical (unpaired) electrons. The van der Waals surface area contributed by atoms with Crippen molar-refractivity contribution in [3.05, 3.63) is 65.0 Å². The molecule has 2 atom stereocenters. The van der Waals surface area contributed by atoms with Gasteiger partial charge in [0.2, 0.25) is 5.95 Å². The van der Waals surface area contributed by atoms with Crippen LogP contribution in [-0.2, 0) is 20.6 Å². The Bertz CT molecular complexity index is 1420. The highest BCUT2D eigenvalue weighted by molar-refractivity contribution is 7.40. The lowest BCUT2D eigenvalue weighted by atomic mass is 9.95. The summed E-state index contributed by atoms with van der Waals surface area (Å²) in [5.41, 5.74) is 4.13. The minimum atomic E-state index is -2.23. The maximum atomic E-state index is 14.7. The third kappa shape index (κ3) is 12.9. The third-order valence-corrected chi connectivity index (χ3v) is 7.86. The van der Waals surface area contributed by atoms with E-state index in [0.29, 0.717) is 16.3 Å². The fourth-order valence-corrected chi connectivity index (χ4v) is 5.61. The van der Waals surface area contributed by atoms with Gasteiger partial charge in [-0.25, -0.2) is 24.5 Å². The Labute approximate surface area is 282 Å². The number of nitrogens with one attached hydrogen (secondary N) is 2. The topological polar surface area (TPSA) is 204 Å². The maximum Gasteiger partial charge on any atom is 0.333 e. The predicted molar refractivity (Wildman–Crippen MR) is 173 cm³/mol. The van der Waals surface area contributed by atoms with Crippen molar-refractivity contribution in [2.75, 3.05) is 13.4 Å². The van der Waals surface area contributed by atoms with Crippen LogP contribution in [0.2, 0.25) is 0 Å². The number of aromatic nitrogens is 4. The van der Waals surface area contributed by atoms with Crippen LogP contribution in [0.4, 0.5) is 8.78 Å². The van der Waals surface area contributed by atoms with E-state index in [0.717, 1.165) is 44.2 Å². The smallest absolute Gasteiger partial charge is 0.333 e. The Kier molecular flexibility index (Phi) is 18.4. The van der Waals surface area contributed by atoms with Gasteiger partial charge in [0.25, 0.3) is 5.91 Å². The van der Waals surface area contributed by atoms with E-state index in [2.05, 4.69) is 30.3 Å². The highest BCUT2D eigenvalue weighted by atomic mass is 32.1. The number of carbonyl (C=O) groups is 2. The summed E-state index contributed by atoms with van der Waals surface area (Å²) in [6.45, 7) is 6.59. The Morgan fingerprint density at radius 2 is 1.85 bits per heavy atom. The molecule has 6 N–H and O–H groups in total. The number of rotatable bonds is 10. The number of hydrazine groups is 1. The number of hydrogen-bond donors (Lipinski definition) is 6. The Morgan fingerprint density at radius 1 is 1.19 bits per heavy atom. The normalized spacial score (nSPS) is 16.5. The molecule has 15 nitrogen and oxygen atoms in total. The molecule has 48 heavy (non-hydrogen) atoms. The molecule has 2 unspecified atom stereocenters. The van der Waals surface area contributed by atoms with Crippen LogP contribution in [0.1, 0.15) is 75.1 Å². The summed E-state index contributed by atoms with van der Waals surface area (Å²) in [6, 6.07) is 1.25. The zero-order valence-corrected chi connectivity index (χ0v) is 28.5. The second-order valence-corrected chi connectivity index (χ2v) is 12.1. The lowest BCUT2D eigenvalue weighted by molar-refractivity contribution is -0.0980. The summed E-state index contributed by atoms with van der Waals surface area (Å²) < 4.78 is 39.5. The van der Waals surface area contributed by atoms with E-state index in [1.165, 1.54) is 22.2 Å². The SMILES string of the molecule is C=O.CC(C)O.CCO.O=C(NC1=CN(C2CCCCC2)NC1c1nc(F)ccc1F)c1csc(-c2cnn(COP(O)OCO)c2)n1. The summed E-state index contributed by atoms with van der Waals surface area (Å²) in [5.74, 6) is -2.02. The van der Waals surface area contributed by atoms with Crippen LogP contribution < -0.4 is 10.7 Å². The number of pyridine rings is 1. The minimum Gasteiger partial charge on any atom is -0.397 e. The lowest BCUT2D eigenvalue weighted by Crippen LogP contribution is -2.41. The van der Waals surface area contributed by atoms with Crippen LogP contribution in [0.5, 0.6) is 0 Å². The molecule has 0 bridgehead atoms. The molecule has 0 aromatic carbocycles. The van der Waals surface area contributed by atoms with Crippen molar-refractivity contribution in [3.63, 3.8) is 0 Å². The Balaban J connectivity index is 0.000000802. The quantitative estimate of drug-likeness (QED) is 0.101. The summed E-state index contributed by atoms with van der Waals surface area (Å²) in [4.78, 5) is 38.7. The van der Waals surface area contributed by atoms with Crippen molar-refractivity contribution in [1.29, 1.82) is 0 Å². The number of halogens is 2. The zero-order valence-electron chi connectivity index (χ0n) is 26.8. The fourth-order valence-electron chi connectivity index (χ4n) is 4.44. The van der Waals surface area contributed by atoms with Crippen molar-refractivity contribution in [2.24, 2.45) is 0 Å². The molecule has 19 heteroatoms. The summed E-state index contributed by atoms with van der Waals surface area (Å²) >= 11 is 1.22. The van der Waals surface area contributed by atoms with Crippen molar-refractivity contribution < 1.29 is 47.6 Å². The van der Waals surface area contributed by atoms with Crippen LogP contribution in [0, 0.1) is 11.8 Å². The molecule has 0 saturated heterocycles. The molecule has 0 spiro atoms. The van der Waals surface area contributed by atoms with Crippen LogP contribution in [0.15, 0.2) is 41.8 Å². The molecule has 1 fully saturated rings. The number of nitrogens with zero attached hydrogens (tertiary/aromatic N) is 5. The van der Waals surface area contributed by atoms with E-state index in [1.807, 2.05) is 11.8 Å². The predicted octanol–water partition coefficient (Wildman–Crippen LogP) is 3.51.